The number of ether oxygens (including phenoxy) is 1. The summed E-state index contributed by atoms with van der Waals surface area (Å²) < 4.78 is 4.58. The highest BCUT2D eigenvalue weighted by Crippen LogP contribution is 2.28. The molecule has 0 heterocycles. The van der Waals surface area contributed by atoms with Gasteiger partial charge in [0.2, 0.25) is 0 Å². The molecule has 2 aromatic carbocycles. The Kier molecular flexibility index (Phi) is 6.53. The third kappa shape index (κ3) is 4.30. The highest BCUT2D eigenvalue weighted by Gasteiger charge is 2.11. The molecule has 0 spiro atoms. The van der Waals surface area contributed by atoms with Crippen molar-refractivity contribution in [3.8, 4) is 5.75 Å². The summed E-state index contributed by atoms with van der Waals surface area (Å²) in [7, 11) is 3.21. The quantitative estimate of drug-likeness (QED) is 0.673. The van der Waals surface area contributed by atoms with Crippen molar-refractivity contribution in [2.75, 3.05) is 14.2 Å². The van der Waals surface area contributed by atoms with Crippen LogP contribution in [0.1, 0.15) is 34.6 Å². The summed E-state index contributed by atoms with van der Waals surface area (Å²) in [5.41, 5.74) is 0.635. The molecule has 0 amide bonds. The van der Waals surface area contributed by atoms with Crippen molar-refractivity contribution < 1.29 is 19.4 Å². The van der Waals surface area contributed by atoms with Gasteiger partial charge in [0.25, 0.3) is 0 Å². The zero-order valence-electron chi connectivity index (χ0n) is 13.2. The first-order valence-corrected chi connectivity index (χ1v) is 6.91. The number of benzene rings is 2. The normalized spacial score (nSPS) is 10.0. The molecule has 0 saturated carbocycles. The number of rotatable bonds is 3. The van der Waals surface area contributed by atoms with E-state index >= 15 is 0 Å². The number of carbonyl (C=O) groups excluding carboxylic acids is 2. The number of nitrogens with one attached hydrogen (secondary N) is 1. The van der Waals surface area contributed by atoms with Crippen LogP contribution in [0.4, 0.5) is 0 Å². The summed E-state index contributed by atoms with van der Waals surface area (Å²) in [6.45, 7) is 4.22. The molecule has 0 unspecified atom stereocenters. The van der Waals surface area contributed by atoms with Crippen molar-refractivity contribution in [3.05, 3.63) is 41.5 Å². The lowest BCUT2D eigenvalue weighted by Gasteiger charge is -2.06. The molecular weight excluding hydrogens is 282 g/mol. The van der Waals surface area contributed by atoms with Crippen LogP contribution >= 0.6 is 0 Å². The van der Waals surface area contributed by atoms with Crippen molar-refractivity contribution in [2.24, 2.45) is 0 Å². The maximum Gasteiger partial charge on any atom is 0.338 e. The fraction of sp³-hybridized carbons (Fsp3) is 0.294. The Morgan fingerprint density at radius 2 is 1.91 bits per heavy atom. The van der Waals surface area contributed by atoms with E-state index in [1.165, 1.54) is 19.2 Å². The molecule has 0 aliphatic heterocycles. The minimum atomic E-state index is -0.553. The first kappa shape index (κ1) is 17.7. The second kappa shape index (κ2) is 8.14. The van der Waals surface area contributed by atoms with Crippen LogP contribution < -0.4 is 5.32 Å². The lowest BCUT2D eigenvalue weighted by molar-refractivity contribution is 0.0600. The number of methoxy groups -OCH3 is 1. The molecule has 0 radical (unpaired) electrons. The van der Waals surface area contributed by atoms with Crippen LogP contribution in [-0.4, -0.2) is 37.6 Å². The molecule has 2 rings (SSSR count). The summed E-state index contributed by atoms with van der Waals surface area (Å²) in [5, 5.41) is 13.9. The van der Waals surface area contributed by atoms with Crippen LogP contribution in [0, 0.1) is 0 Å². The van der Waals surface area contributed by atoms with Crippen LogP contribution in [0.5, 0.6) is 5.75 Å². The van der Waals surface area contributed by atoms with Gasteiger partial charge in [-0.05, 0) is 24.6 Å². The molecule has 0 fully saturated rings. The standard InChI is InChI=1S/C13H10O4.C4H11N/c1-17-13(16)9-5-11-8(7-14)3-2-4-10(11)12(15)6-9;1-4(2)5-3/h2-7,15H,1H3;4-5H,1-3H3. The molecule has 5 heteroatoms. The van der Waals surface area contributed by atoms with E-state index in [9.17, 15) is 14.7 Å². The van der Waals surface area contributed by atoms with E-state index in [-0.39, 0.29) is 11.3 Å². The lowest BCUT2D eigenvalue weighted by Crippen LogP contribution is -2.15. The van der Waals surface area contributed by atoms with Gasteiger partial charge in [-0.1, -0.05) is 32.0 Å². The third-order valence-electron chi connectivity index (χ3n) is 3.13. The molecule has 2 N–H and O–H groups in total. The van der Waals surface area contributed by atoms with E-state index in [1.54, 1.807) is 18.2 Å². The van der Waals surface area contributed by atoms with Crippen molar-refractivity contribution in [3.63, 3.8) is 0 Å². The van der Waals surface area contributed by atoms with Crippen LogP contribution in [0.15, 0.2) is 30.3 Å². The summed E-state index contributed by atoms with van der Waals surface area (Å²) in [6.07, 6.45) is 0.683. The first-order valence-electron chi connectivity index (χ1n) is 6.91. The van der Waals surface area contributed by atoms with Crippen molar-refractivity contribution in [1.29, 1.82) is 0 Å². The average molecular weight is 303 g/mol. The Morgan fingerprint density at radius 3 is 2.41 bits per heavy atom. The number of carbonyl (C=O) groups is 2. The monoisotopic (exact) mass is 303 g/mol. The van der Waals surface area contributed by atoms with E-state index < -0.39 is 5.97 Å². The summed E-state index contributed by atoms with van der Waals surface area (Å²) in [4.78, 5) is 22.3. The Labute approximate surface area is 129 Å². The van der Waals surface area contributed by atoms with E-state index in [0.717, 1.165) is 0 Å². The Hall–Kier alpha value is -2.40. The molecular formula is C17H21NO4. The van der Waals surface area contributed by atoms with Crippen molar-refractivity contribution >= 4 is 23.0 Å². The van der Waals surface area contributed by atoms with E-state index in [2.05, 4.69) is 23.9 Å². The number of aromatic hydroxyl groups is 1. The lowest BCUT2D eigenvalue weighted by atomic mass is 10.0. The fourth-order valence-corrected chi connectivity index (χ4v) is 1.73. The molecule has 118 valence electrons. The molecule has 0 aliphatic rings. The van der Waals surface area contributed by atoms with Crippen LogP contribution in [0.2, 0.25) is 0 Å². The van der Waals surface area contributed by atoms with Crippen molar-refractivity contribution in [1.82, 2.24) is 5.32 Å². The number of phenols is 1. The van der Waals surface area contributed by atoms with Gasteiger partial charge in [-0.25, -0.2) is 4.79 Å². The number of hydrogen-bond donors (Lipinski definition) is 2. The maximum absolute atomic E-state index is 11.4. The van der Waals surface area contributed by atoms with E-state index in [1.807, 2.05) is 7.05 Å². The highest BCUT2D eigenvalue weighted by molar-refractivity contribution is 6.04. The Morgan fingerprint density at radius 1 is 1.27 bits per heavy atom. The zero-order chi connectivity index (χ0) is 16.7. The minimum Gasteiger partial charge on any atom is -0.507 e. The number of hydrogen-bond acceptors (Lipinski definition) is 5. The smallest absolute Gasteiger partial charge is 0.338 e. The summed E-state index contributed by atoms with van der Waals surface area (Å²) in [5.74, 6) is -0.602. The number of esters is 1. The van der Waals surface area contributed by atoms with Crippen LogP contribution in [0.25, 0.3) is 10.8 Å². The number of aldehydes is 1. The van der Waals surface area contributed by atoms with Gasteiger partial charge in [-0.3, -0.25) is 4.79 Å². The molecule has 2 aromatic rings. The van der Waals surface area contributed by atoms with Crippen LogP contribution in [-0.2, 0) is 4.74 Å². The van der Waals surface area contributed by atoms with Gasteiger partial charge in [0.15, 0.2) is 6.29 Å². The molecule has 0 aromatic heterocycles. The van der Waals surface area contributed by atoms with Gasteiger partial charge in [0.05, 0.1) is 12.7 Å². The third-order valence-corrected chi connectivity index (χ3v) is 3.13. The van der Waals surface area contributed by atoms with E-state index in [0.29, 0.717) is 28.7 Å². The van der Waals surface area contributed by atoms with Gasteiger partial charge < -0.3 is 15.2 Å². The Balaban J connectivity index is 0.000000422. The largest absolute Gasteiger partial charge is 0.507 e. The number of fused-ring (bicyclic) bond motifs is 1. The topological polar surface area (TPSA) is 75.6 Å². The highest BCUT2D eigenvalue weighted by atomic mass is 16.5. The van der Waals surface area contributed by atoms with Gasteiger partial charge in [0.1, 0.15) is 5.75 Å². The zero-order valence-corrected chi connectivity index (χ0v) is 13.2. The van der Waals surface area contributed by atoms with Crippen molar-refractivity contribution in [2.45, 2.75) is 19.9 Å². The molecule has 5 nitrogen and oxygen atoms in total. The molecule has 0 atom stereocenters. The second-order valence-corrected chi connectivity index (χ2v) is 4.99. The second-order valence-electron chi connectivity index (χ2n) is 4.99. The predicted molar refractivity (Wildman–Crippen MR) is 86.5 cm³/mol. The SMILES string of the molecule is CNC(C)C.COC(=O)c1cc(O)c2cccc(C=O)c2c1. The van der Waals surface area contributed by atoms with E-state index in [4.69, 9.17) is 0 Å². The van der Waals surface area contributed by atoms with Gasteiger partial charge >= 0.3 is 5.97 Å². The fourth-order valence-electron chi connectivity index (χ4n) is 1.73. The van der Waals surface area contributed by atoms with Gasteiger partial charge in [0, 0.05) is 17.0 Å². The van der Waals surface area contributed by atoms with Gasteiger partial charge in [-0.15, -0.1) is 0 Å². The average Bonchev–Trinajstić information content (AvgIpc) is 2.53. The summed E-state index contributed by atoms with van der Waals surface area (Å²) >= 11 is 0. The predicted octanol–water partition coefficient (Wildman–Crippen LogP) is 2.76. The first-order chi connectivity index (χ1) is 10.4. The maximum atomic E-state index is 11.4. The Bertz CT molecular complexity index is 665. The summed E-state index contributed by atoms with van der Waals surface area (Å²) in [6, 6.07) is 8.46. The molecule has 0 bridgehead atoms. The van der Waals surface area contributed by atoms with Crippen LogP contribution in [0.3, 0.4) is 0 Å². The number of phenolic OH excluding ortho intramolecular Hbond substituents is 1. The molecule has 0 aliphatic carbocycles. The molecule has 22 heavy (non-hydrogen) atoms. The minimum absolute atomic E-state index is 0.0494. The molecule has 0 saturated heterocycles. The van der Waals surface area contributed by atoms with Gasteiger partial charge in [-0.2, -0.15) is 0 Å².